The van der Waals surface area contributed by atoms with Crippen LogP contribution in [0, 0.1) is 0 Å². The molecule has 3 aromatic heterocycles. The molecule has 0 atom stereocenters. The summed E-state index contributed by atoms with van der Waals surface area (Å²) in [5.41, 5.74) is -1.92. The average molecular weight is 337 g/mol. The van der Waals surface area contributed by atoms with Gasteiger partial charge in [-0.3, -0.25) is 33.3 Å². The summed E-state index contributed by atoms with van der Waals surface area (Å²) in [4.78, 5) is 53.5. The number of fused-ring (bicyclic) bond motifs is 2. The van der Waals surface area contributed by atoms with Crippen LogP contribution in [0.2, 0.25) is 0 Å². The molecule has 4 rings (SSSR count). The third kappa shape index (κ3) is 2.08. The molecule has 25 heavy (non-hydrogen) atoms. The monoisotopic (exact) mass is 337 g/mol. The average Bonchev–Trinajstić information content (AvgIpc) is 3.00. The minimum atomic E-state index is -0.759. The number of aliphatic hydroxyl groups is 1. The largest absolute Gasteiger partial charge is 0.376 e. The third-order valence-corrected chi connectivity index (χ3v) is 4.25. The normalized spacial score (nSPS) is 11.6. The zero-order valence-corrected chi connectivity index (χ0v) is 12.8. The molecule has 0 saturated heterocycles. The third-order valence-electron chi connectivity index (χ3n) is 4.25. The first kappa shape index (κ1) is 15.2. The molecule has 1 aromatic carbocycles. The van der Waals surface area contributed by atoms with Crippen molar-refractivity contribution in [3.05, 3.63) is 83.6 Å². The van der Waals surface area contributed by atoms with E-state index in [0.717, 1.165) is 4.57 Å². The van der Waals surface area contributed by atoms with Crippen molar-refractivity contribution < 1.29 is 5.11 Å². The highest BCUT2D eigenvalue weighted by atomic mass is 16.3. The van der Waals surface area contributed by atoms with E-state index in [9.17, 15) is 19.2 Å². The van der Waals surface area contributed by atoms with Crippen LogP contribution in [0.25, 0.3) is 21.5 Å². The fraction of sp³-hybridized carbons (Fsp3) is 0.118. The lowest BCUT2D eigenvalue weighted by Gasteiger charge is -1.98. The summed E-state index contributed by atoms with van der Waals surface area (Å²) in [7, 11) is 0. The molecule has 0 aliphatic heterocycles. The van der Waals surface area contributed by atoms with E-state index >= 15 is 0 Å². The number of rotatable bonds is 3. The maximum absolute atomic E-state index is 12.6. The number of pyridine rings is 1. The molecule has 0 aliphatic rings. The van der Waals surface area contributed by atoms with E-state index in [2.05, 4.69) is 4.98 Å². The molecule has 0 radical (unpaired) electrons. The summed E-state index contributed by atoms with van der Waals surface area (Å²) >= 11 is 0. The Hall–Kier alpha value is -3.39. The number of aromatic nitrogens is 3. The lowest BCUT2D eigenvalue weighted by Crippen LogP contribution is -2.26. The molecule has 0 aliphatic carbocycles. The Balaban J connectivity index is 2.03. The minimum absolute atomic E-state index is 0.00249. The molecule has 8 nitrogen and oxygen atoms in total. The van der Waals surface area contributed by atoms with Crippen LogP contribution in [-0.4, -0.2) is 19.2 Å². The smallest absolute Gasteiger partial charge is 0.263 e. The van der Waals surface area contributed by atoms with Gasteiger partial charge in [-0.1, -0.05) is 6.07 Å². The first-order chi connectivity index (χ1) is 12.0. The Bertz CT molecular complexity index is 1250. The van der Waals surface area contributed by atoms with E-state index in [0.29, 0.717) is 10.3 Å². The van der Waals surface area contributed by atoms with Crippen LogP contribution in [-0.2, 0) is 13.3 Å². The second-order valence-corrected chi connectivity index (χ2v) is 5.64. The summed E-state index contributed by atoms with van der Waals surface area (Å²) in [5.74, 6) is 0. The first-order valence-electron chi connectivity index (χ1n) is 7.44. The maximum Gasteiger partial charge on any atom is 0.263 e. The van der Waals surface area contributed by atoms with Crippen molar-refractivity contribution in [2.75, 3.05) is 0 Å². The van der Waals surface area contributed by atoms with E-state index in [1.54, 1.807) is 24.4 Å². The Kier molecular flexibility index (Phi) is 3.22. The van der Waals surface area contributed by atoms with Crippen molar-refractivity contribution in [1.82, 2.24) is 14.1 Å². The molecule has 0 saturated carbocycles. The standard InChI is InChI=1S/C17H11N3O5/c21-8-20-16(24)12-5-10-11(6-13(12)17(20)25)15(23)19(14(10)22)7-9-3-1-2-4-18-9/h1-6,21H,7-8H2. The number of hydrogen-bond acceptors (Lipinski definition) is 6. The van der Waals surface area contributed by atoms with E-state index < -0.39 is 29.0 Å². The summed E-state index contributed by atoms with van der Waals surface area (Å²) < 4.78 is 1.68. The van der Waals surface area contributed by atoms with Crippen molar-refractivity contribution in [1.29, 1.82) is 0 Å². The van der Waals surface area contributed by atoms with Crippen LogP contribution in [0.1, 0.15) is 5.69 Å². The van der Waals surface area contributed by atoms with Gasteiger partial charge in [-0.25, -0.2) is 0 Å². The van der Waals surface area contributed by atoms with Gasteiger partial charge >= 0.3 is 0 Å². The lowest BCUT2D eigenvalue weighted by molar-refractivity contribution is 0.204. The predicted octanol–water partition coefficient (Wildman–Crippen LogP) is -0.695. The molecule has 124 valence electrons. The molecule has 8 heteroatoms. The first-order valence-corrected chi connectivity index (χ1v) is 7.44. The van der Waals surface area contributed by atoms with Crippen LogP contribution in [0.3, 0.4) is 0 Å². The summed E-state index contributed by atoms with van der Waals surface area (Å²) in [5, 5.41) is 9.30. The van der Waals surface area contributed by atoms with Gasteiger partial charge in [-0.05, 0) is 24.3 Å². The lowest BCUT2D eigenvalue weighted by atomic mass is 10.1. The van der Waals surface area contributed by atoms with Crippen LogP contribution in [0.4, 0.5) is 0 Å². The van der Waals surface area contributed by atoms with Gasteiger partial charge in [0.2, 0.25) is 0 Å². The van der Waals surface area contributed by atoms with E-state index in [1.165, 1.54) is 12.1 Å². The van der Waals surface area contributed by atoms with Gasteiger partial charge < -0.3 is 5.11 Å². The molecule has 0 fully saturated rings. The van der Waals surface area contributed by atoms with Gasteiger partial charge in [0.25, 0.3) is 22.2 Å². The van der Waals surface area contributed by atoms with E-state index in [-0.39, 0.29) is 28.1 Å². The SMILES string of the molecule is O=c1c2cc3c(=O)n(Cc4ccccn4)c(=O)c3cc2c(=O)n1CO. The molecule has 3 heterocycles. The molecule has 0 spiro atoms. The maximum atomic E-state index is 12.6. The Labute approximate surface area is 138 Å². The molecular formula is C17H11N3O5. The van der Waals surface area contributed by atoms with Gasteiger partial charge in [0.1, 0.15) is 6.73 Å². The summed E-state index contributed by atoms with van der Waals surface area (Å²) in [6.45, 7) is -0.757. The van der Waals surface area contributed by atoms with Gasteiger partial charge in [-0.15, -0.1) is 0 Å². The number of aliphatic hydroxyl groups excluding tert-OH is 1. The summed E-state index contributed by atoms with van der Waals surface area (Å²) in [6.07, 6.45) is 1.56. The second kappa shape index (κ2) is 5.32. The molecule has 0 amide bonds. The van der Waals surface area contributed by atoms with Crippen molar-refractivity contribution in [2.24, 2.45) is 0 Å². The number of nitrogens with zero attached hydrogens (tertiary/aromatic N) is 3. The van der Waals surface area contributed by atoms with E-state index in [1.807, 2.05) is 0 Å². The van der Waals surface area contributed by atoms with Gasteiger partial charge in [0, 0.05) is 6.20 Å². The van der Waals surface area contributed by atoms with Crippen molar-refractivity contribution in [3.63, 3.8) is 0 Å². The fourth-order valence-electron chi connectivity index (χ4n) is 3.00. The van der Waals surface area contributed by atoms with Crippen LogP contribution in [0.5, 0.6) is 0 Å². The van der Waals surface area contributed by atoms with E-state index in [4.69, 9.17) is 5.11 Å². The van der Waals surface area contributed by atoms with Gasteiger partial charge in [-0.2, -0.15) is 0 Å². The zero-order chi connectivity index (χ0) is 17.7. The molecule has 1 N–H and O–H groups in total. The van der Waals surface area contributed by atoms with Crippen LogP contribution in [0.15, 0.2) is 55.7 Å². The van der Waals surface area contributed by atoms with Crippen molar-refractivity contribution >= 4 is 21.5 Å². The van der Waals surface area contributed by atoms with Crippen molar-refractivity contribution in [2.45, 2.75) is 13.3 Å². The minimum Gasteiger partial charge on any atom is -0.376 e. The zero-order valence-electron chi connectivity index (χ0n) is 12.8. The van der Waals surface area contributed by atoms with Crippen LogP contribution < -0.4 is 22.2 Å². The Morgan fingerprint density at radius 1 is 0.800 bits per heavy atom. The Morgan fingerprint density at radius 2 is 1.32 bits per heavy atom. The van der Waals surface area contributed by atoms with Gasteiger partial charge in [0.05, 0.1) is 33.8 Å². The highest BCUT2D eigenvalue weighted by Crippen LogP contribution is 2.14. The molecule has 0 bridgehead atoms. The molecular weight excluding hydrogens is 326 g/mol. The van der Waals surface area contributed by atoms with Crippen LogP contribution >= 0.6 is 0 Å². The number of hydrogen-bond donors (Lipinski definition) is 1. The molecule has 4 aromatic rings. The highest BCUT2D eigenvalue weighted by molar-refractivity contribution is 5.97. The molecule has 0 unspecified atom stereocenters. The Morgan fingerprint density at radius 3 is 1.76 bits per heavy atom. The predicted molar refractivity (Wildman–Crippen MR) is 90.4 cm³/mol. The topological polar surface area (TPSA) is 111 Å². The van der Waals surface area contributed by atoms with Gasteiger partial charge in [0.15, 0.2) is 0 Å². The summed E-state index contributed by atoms with van der Waals surface area (Å²) in [6, 6.07) is 7.66. The second-order valence-electron chi connectivity index (χ2n) is 5.64. The van der Waals surface area contributed by atoms with Crippen molar-refractivity contribution in [3.8, 4) is 0 Å². The number of benzene rings is 1. The fourth-order valence-corrected chi connectivity index (χ4v) is 3.00. The quantitative estimate of drug-likeness (QED) is 0.529. The highest BCUT2D eigenvalue weighted by Gasteiger charge is 2.19.